The molecule has 2 atom stereocenters. The van der Waals surface area contributed by atoms with Crippen molar-refractivity contribution in [2.45, 2.75) is 58.1 Å². The number of aromatic nitrogens is 4. The summed E-state index contributed by atoms with van der Waals surface area (Å²) in [5.41, 5.74) is 7.04. The van der Waals surface area contributed by atoms with Crippen LogP contribution >= 0.6 is 0 Å². The van der Waals surface area contributed by atoms with Crippen molar-refractivity contribution in [2.24, 2.45) is 0 Å². The second kappa shape index (κ2) is 6.65. The molecule has 2 unspecified atom stereocenters. The number of aliphatic hydroxyl groups is 1. The lowest BCUT2D eigenvalue weighted by Gasteiger charge is -2.20. The molecule has 0 aliphatic heterocycles. The number of imidazole rings is 1. The van der Waals surface area contributed by atoms with E-state index in [1.807, 2.05) is 11.5 Å². The zero-order chi connectivity index (χ0) is 14.5. The second-order valence-corrected chi connectivity index (χ2v) is 5.24. The molecule has 0 amide bonds. The van der Waals surface area contributed by atoms with E-state index in [0.29, 0.717) is 17.0 Å². The monoisotopic (exact) mass is 277 g/mol. The van der Waals surface area contributed by atoms with E-state index in [0.717, 1.165) is 12.8 Å². The van der Waals surface area contributed by atoms with Crippen LogP contribution in [0.5, 0.6) is 0 Å². The van der Waals surface area contributed by atoms with Crippen molar-refractivity contribution < 1.29 is 5.11 Å². The van der Waals surface area contributed by atoms with Crippen molar-refractivity contribution in [3.8, 4) is 0 Å². The Balaban J connectivity index is 2.07. The maximum Gasteiger partial charge on any atom is 0.165 e. The first-order valence-electron chi connectivity index (χ1n) is 7.26. The van der Waals surface area contributed by atoms with Crippen LogP contribution in [0.4, 0.5) is 5.82 Å². The van der Waals surface area contributed by atoms with Gasteiger partial charge in [-0.2, -0.15) is 0 Å². The summed E-state index contributed by atoms with van der Waals surface area (Å²) < 4.78 is 1.87. The van der Waals surface area contributed by atoms with E-state index in [-0.39, 0.29) is 6.04 Å². The smallest absolute Gasteiger partial charge is 0.165 e. The zero-order valence-electron chi connectivity index (χ0n) is 12.2. The van der Waals surface area contributed by atoms with Crippen LogP contribution in [0.1, 0.15) is 52.0 Å². The first-order valence-corrected chi connectivity index (χ1v) is 7.26. The number of unbranched alkanes of at least 4 members (excludes halogenated alkanes) is 3. The molecule has 3 N–H and O–H groups in total. The molecule has 0 aromatic carbocycles. The molecular formula is C14H23N5O. The number of rotatable bonds is 7. The van der Waals surface area contributed by atoms with Crippen LogP contribution in [0, 0.1) is 0 Å². The van der Waals surface area contributed by atoms with Gasteiger partial charge in [-0.25, -0.2) is 15.0 Å². The molecule has 110 valence electrons. The van der Waals surface area contributed by atoms with Crippen molar-refractivity contribution in [3.05, 3.63) is 12.7 Å². The van der Waals surface area contributed by atoms with Gasteiger partial charge in [0.05, 0.1) is 18.5 Å². The van der Waals surface area contributed by atoms with Crippen molar-refractivity contribution in [1.82, 2.24) is 19.5 Å². The molecule has 2 heterocycles. The molecule has 0 fully saturated rings. The van der Waals surface area contributed by atoms with Crippen LogP contribution in [0.3, 0.4) is 0 Å². The molecule has 0 saturated heterocycles. The zero-order valence-corrected chi connectivity index (χ0v) is 12.2. The van der Waals surface area contributed by atoms with Crippen LogP contribution in [0.15, 0.2) is 12.7 Å². The van der Waals surface area contributed by atoms with E-state index in [4.69, 9.17) is 5.73 Å². The largest absolute Gasteiger partial charge is 0.391 e. The summed E-state index contributed by atoms with van der Waals surface area (Å²) in [5, 5.41) is 10.3. The highest BCUT2D eigenvalue weighted by Crippen LogP contribution is 2.22. The molecule has 2 aromatic heterocycles. The van der Waals surface area contributed by atoms with Gasteiger partial charge in [-0.15, -0.1) is 0 Å². The third-order valence-electron chi connectivity index (χ3n) is 3.74. The third kappa shape index (κ3) is 3.07. The minimum absolute atomic E-state index is 0.0732. The molecule has 0 saturated carbocycles. The van der Waals surface area contributed by atoms with Gasteiger partial charge in [-0.3, -0.25) is 0 Å². The fourth-order valence-corrected chi connectivity index (χ4v) is 2.37. The maximum atomic E-state index is 10.3. The summed E-state index contributed by atoms with van der Waals surface area (Å²) in [6, 6.07) is -0.0732. The number of nitrogen functional groups attached to an aromatic ring is 1. The van der Waals surface area contributed by atoms with Gasteiger partial charge in [0.2, 0.25) is 0 Å². The van der Waals surface area contributed by atoms with E-state index in [1.165, 1.54) is 25.6 Å². The number of fused-ring (bicyclic) bond motifs is 1. The van der Waals surface area contributed by atoms with Gasteiger partial charge in [0, 0.05) is 0 Å². The standard InChI is InChI=1S/C14H23N5O/c1-3-4-5-6-7-11(20)10(2)19-9-18-12-13(15)16-8-17-14(12)19/h8-11,20H,3-7H2,1-2H3,(H2,15,16,17). The minimum atomic E-state index is -0.402. The molecule has 20 heavy (non-hydrogen) atoms. The van der Waals surface area contributed by atoms with Gasteiger partial charge >= 0.3 is 0 Å². The van der Waals surface area contributed by atoms with E-state index in [2.05, 4.69) is 21.9 Å². The molecule has 2 rings (SSSR count). The van der Waals surface area contributed by atoms with E-state index in [1.54, 1.807) is 6.33 Å². The van der Waals surface area contributed by atoms with E-state index >= 15 is 0 Å². The molecule has 0 spiro atoms. The maximum absolute atomic E-state index is 10.3. The first kappa shape index (κ1) is 14.7. The van der Waals surface area contributed by atoms with Crippen molar-refractivity contribution in [1.29, 1.82) is 0 Å². The quantitative estimate of drug-likeness (QED) is 0.758. The molecule has 0 aliphatic rings. The lowest BCUT2D eigenvalue weighted by atomic mass is 10.0. The Morgan fingerprint density at radius 1 is 1.25 bits per heavy atom. The van der Waals surface area contributed by atoms with Gasteiger partial charge in [-0.1, -0.05) is 32.6 Å². The normalized spacial score (nSPS) is 14.6. The summed E-state index contributed by atoms with van der Waals surface area (Å²) in [5.74, 6) is 0.374. The summed E-state index contributed by atoms with van der Waals surface area (Å²) >= 11 is 0. The van der Waals surface area contributed by atoms with Gasteiger partial charge in [0.15, 0.2) is 11.5 Å². The summed E-state index contributed by atoms with van der Waals surface area (Å²) in [7, 11) is 0. The molecular weight excluding hydrogens is 254 g/mol. The van der Waals surface area contributed by atoms with Crippen molar-refractivity contribution >= 4 is 17.0 Å². The molecule has 0 aliphatic carbocycles. The Labute approximate surface area is 119 Å². The van der Waals surface area contributed by atoms with Crippen LogP contribution in [-0.4, -0.2) is 30.7 Å². The van der Waals surface area contributed by atoms with Gasteiger partial charge < -0.3 is 15.4 Å². The summed E-state index contributed by atoms with van der Waals surface area (Å²) in [4.78, 5) is 12.4. The molecule has 0 radical (unpaired) electrons. The number of aliphatic hydroxyl groups excluding tert-OH is 1. The highest BCUT2D eigenvalue weighted by molar-refractivity contribution is 5.81. The molecule has 2 aromatic rings. The second-order valence-electron chi connectivity index (χ2n) is 5.24. The highest BCUT2D eigenvalue weighted by Gasteiger charge is 2.19. The molecule has 6 heteroatoms. The Hall–Kier alpha value is -1.69. The SMILES string of the molecule is CCCCCCC(O)C(C)n1cnc2c(N)ncnc21. The fraction of sp³-hybridized carbons (Fsp3) is 0.643. The van der Waals surface area contributed by atoms with Crippen molar-refractivity contribution in [2.75, 3.05) is 5.73 Å². The number of anilines is 1. The molecule has 0 bridgehead atoms. The van der Waals surface area contributed by atoms with Crippen LogP contribution in [0.25, 0.3) is 11.2 Å². The van der Waals surface area contributed by atoms with E-state index in [9.17, 15) is 5.11 Å². The van der Waals surface area contributed by atoms with Crippen LogP contribution in [0.2, 0.25) is 0 Å². The number of hydrogen-bond donors (Lipinski definition) is 2. The lowest BCUT2D eigenvalue weighted by molar-refractivity contribution is 0.110. The van der Waals surface area contributed by atoms with Gasteiger partial charge in [0.25, 0.3) is 0 Å². The van der Waals surface area contributed by atoms with Crippen LogP contribution in [-0.2, 0) is 0 Å². The highest BCUT2D eigenvalue weighted by atomic mass is 16.3. The van der Waals surface area contributed by atoms with Gasteiger partial charge in [0.1, 0.15) is 11.8 Å². The van der Waals surface area contributed by atoms with Crippen molar-refractivity contribution in [3.63, 3.8) is 0 Å². The lowest BCUT2D eigenvalue weighted by Crippen LogP contribution is -2.21. The minimum Gasteiger partial charge on any atom is -0.391 e. The average molecular weight is 277 g/mol. The first-order chi connectivity index (χ1) is 9.65. The average Bonchev–Trinajstić information content (AvgIpc) is 2.88. The van der Waals surface area contributed by atoms with E-state index < -0.39 is 6.10 Å². The summed E-state index contributed by atoms with van der Waals surface area (Å²) in [6.45, 7) is 4.16. The Bertz CT molecular complexity index is 553. The Morgan fingerprint density at radius 2 is 2.05 bits per heavy atom. The number of nitrogens with two attached hydrogens (primary N) is 1. The van der Waals surface area contributed by atoms with Crippen LogP contribution < -0.4 is 5.73 Å². The molecule has 6 nitrogen and oxygen atoms in total. The predicted molar refractivity (Wildman–Crippen MR) is 79.2 cm³/mol. The Kier molecular flexibility index (Phi) is 4.89. The topological polar surface area (TPSA) is 89.8 Å². The van der Waals surface area contributed by atoms with Gasteiger partial charge in [-0.05, 0) is 13.3 Å². The summed E-state index contributed by atoms with van der Waals surface area (Å²) in [6.07, 6.45) is 8.13. The predicted octanol–water partition coefficient (Wildman–Crippen LogP) is 2.30. The number of hydrogen-bond acceptors (Lipinski definition) is 5. The Morgan fingerprint density at radius 3 is 2.80 bits per heavy atom. The fourth-order valence-electron chi connectivity index (χ4n) is 2.37. The third-order valence-corrected chi connectivity index (χ3v) is 3.74. The number of nitrogens with zero attached hydrogens (tertiary/aromatic N) is 4.